The molecule has 0 aliphatic heterocycles. The standard InChI is InChI=1S/C13H9ClN2OS/c1-17-9-3-4-10-11(6-9)18-13(16-10)8-2-5-12(14)15-7-8/h2-7H,1H3. The van der Waals surface area contributed by atoms with Crippen molar-refractivity contribution in [3.8, 4) is 16.3 Å². The number of pyridine rings is 1. The highest BCUT2D eigenvalue weighted by Crippen LogP contribution is 2.32. The van der Waals surface area contributed by atoms with Gasteiger partial charge in [0, 0.05) is 11.8 Å². The van der Waals surface area contributed by atoms with Crippen LogP contribution >= 0.6 is 22.9 Å². The van der Waals surface area contributed by atoms with E-state index in [2.05, 4.69) is 9.97 Å². The Hall–Kier alpha value is -1.65. The lowest BCUT2D eigenvalue weighted by Gasteiger charge is -1.96. The summed E-state index contributed by atoms with van der Waals surface area (Å²) in [6.07, 6.45) is 1.73. The molecule has 2 aromatic heterocycles. The average molecular weight is 277 g/mol. The van der Waals surface area contributed by atoms with Gasteiger partial charge in [0.2, 0.25) is 0 Å². The minimum atomic E-state index is 0.488. The van der Waals surface area contributed by atoms with E-state index in [9.17, 15) is 0 Å². The zero-order chi connectivity index (χ0) is 12.5. The smallest absolute Gasteiger partial charge is 0.129 e. The summed E-state index contributed by atoms with van der Waals surface area (Å²) in [4.78, 5) is 8.63. The van der Waals surface area contributed by atoms with Crippen LogP contribution in [-0.4, -0.2) is 17.1 Å². The van der Waals surface area contributed by atoms with Crippen molar-refractivity contribution < 1.29 is 4.74 Å². The molecular formula is C13H9ClN2OS. The first-order valence-corrected chi connectivity index (χ1v) is 6.52. The molecule has 0 aliphatic carbocycles. The van der Waals surface area contributed by atoms with E-state index in [-0.39, 0.29) is 0 Å². The summed E-state index contributed by atoms with van der Waals surface area (Å²) < 4.78 is 6.30. The molecule has 0 saturated heterocycles. The first kappa shape index (κ1) is 11.4. The molecule has 5 heteroatoms. The Bertz CT molecular complexity index is 694. The van der Waals surface area contributed by atoms with E-state index in [0.717, 1.165) is 26.5 Å². The van der Waals surface area contributed by atoms with Crippen LogP contribution in [0.25, 0.3) is 20.8 Å². The number of aromatic nitrogens is 2. The first-order chi connectivity index (χ1) is 8.76. The molecule has 90 valence electrons. The molecule has 0 unspecified atom stereocenters. The van der Waals surface area contributed by atoms with Crippen LogP contribution in [0.5, 0.6) is 5.75 Å². The molecule has 2 heterocycles. The maximum atomic E-state index is 5.77. The highest BCUT2D eigenvalue weighted by Gasteiger charge is 2.07. The van der Waals surface area contributed by atoms with Crippen molar-refractivity contribution >= 4 is 33.2 Å². The molecule has 0 N–H and O–H groups in total. The van der Waals surface area contributed by atoms with Gasteiger partial charge in [0.15, 0.2) is 0 Å². The predicted octanol–water partition coefficient (Wildman–Crippen LogP) is 4.02. The summed E-state index contributed by atoms with van der Waals surface area (Å²) in [6.45, 7) is 0. The molecule has 1 aromatic carbocycles. The number of hydrogen-bond acceptors (Lipinski definition) is 4. The van der Waals surface area contributed by atoms with Gasteiger partial charge in [0.25, 0.3) is 0 Å². The molecule has 0 bridgehead atoms. The van der Waals surface area contributed by atoms with Gasteiger partial charge in [-0.1, -0.05) is 11.6 Å². The number of halogens is 1. The van der Waals surface area contributed by atoms with Gasteiger partial charge in [-0.25, -0.2) is 9.97 Å². The predicted molar refractivity (Wildman–Crippen MR) is 74.4 cm³/mol. The topological polar surface area (TPSA) is 35.0 Å². The van der Waals surface area contributed by atoms with Gasteiger partial charge in [0.05, 0.1) is 17.3 Å². The Kier molecular flexibility index (Phi) is 2.89. The Morgan fingerprint density at radius 3 is 2.83 bits per heavy atom. The minimum Gasteiger partial charge on any atom is -0.497 e. The molecule has 3 rings (SSSR count). The lowest BCUT2D eigenvalue weighted by molar-refractivity contribution is 0.415. The third-order valence-electron chi connectivity index (χ3n) is 2.57. The third kappa shape index (κ3) is 2.05. The average Bonchev–Trinajstić information content (AvgIpc) is 2.82. The molecule has 0 spiro atoms. The molecule has 0 radical (unpaired) electrons. The summed E-state index contributed by atoms with van der Waals surface area (Å²) in [7, 11) is 1.66. The SMILES string of the molecule is COc1ccc2nc(-c3ccc(Cl)nc3)sc2c1. The molecule has 0 fully saturated rings. The zero-order valence-corrected chi connectivity index (χ0v) is 11.1. The summed E-state index contributed by atoms with van der Waals surface area (Å²) >= 11 is 7.38. The van der Waals surface area contributed by atoms with Crippen LogP contribution in [0.4, 0.5) is 0 Å². The van der Waals surface area contributed by atoms with E-state index >= 15 is 0 Å². The highest BCUT2D eigenvalue weighted by atomic mass is 35.5. The van der Waals surface area contributed by atoms with E-state index in [4.69, 9.17) is 16.3 Å². The largest absolute Gasteiger partial charge is 0.497 e. The molecule has 3 nitrogen and oxygen atoms in total. The fourth-order valence-electron chi connectivity index (χ4n) is 1.66. The van der Waals surface area contributed by atoms with Crippen molar-refractivity contribution in [2.24, 2.45) is 0 Å². The quantitative estimate of drug-likeness (QED) is 0.663. The van der Waals surface area contributed by atoms with Crippen LogP contribution in [0.3, 0.4) is 0 Å². The summed E-state index contributed by atoms with van der Waals surface area (Å²) in [5.74, 6) is 0.840. The highest BCUT2D eigenvalue weighted by molar-refractivity contribution is 7.21. The lowest BCUT2D eigenvalue weighted by Crippen LogP contribution is -1.80. The number of thiazole rings is 1. The molecule has 3 aromatic rings. The van der Waals surface area contributed by atoms with Crippen LogP contribution in [-0.2, 0) is 0 Å². The number of benzene rings is 1. The van der Waals surface area contributed by atoms with Gasteiger partial charge >= 0.3 is 0 Å². The maximum absolute atomic E-state index is 5.77. The van der Waals surface area contributed by atoms with Gasteiger partial charge in [-0.2, -0.15) is 0 Å². The Morgan fingerprint density at radius 2 is 2.11 bits per heavy atom. The Labute approximate surface area is 113 Å². The number of rotatable bonds is 2. The van der Waals surface area contributed by atoms with Crippen molar-refractivity contribution in [3.05, 3.63) is 41.7 Å². The first-order valence-electron chi connectivity index (χ1n) is 5.33. The maximum Gasteiger partial charge on any atom is 0.129 e. The molecule has 0 amide bonds. The zero-order valence-electron chi connectivity index (χ0n) is 9.55. The molecule has 0 aliphatic rings. The van der Waals surface area contributed by atoms with E-state index in [1.54, 1.807) is 30.7 Å². The minimum absolute atomic E-state index is 0.488. The molecule has 18 heavy (non-hydrogen) atoms. The van der Waals surface area contributed by atoms with E-state index in [1.807, 2.05) is 24.3 Å². The molecular weight excluding hydrogens is 268 g/mol. The second-order valence-corrected chi connectivity index (χ2v) is 5.14. The number of nitrogens with zero attached hydrogens (tertiary/aromatic N) is 2. The van der Waals surface area contributed by atoms with Crippen molar-refractivity contribution in [2.75, 3.05) is 7.11 Å². The van der Waals surface area contributed by atoms with Crippen molar-refractivity contribution in [1.82, 2.24) is 9.97 Å². The number of hydrogen-bond donors (Lipinski definition) is 0. The Balaban J connectivity index is 2.10. The fraction of sp³-hybridized carbons (Fsp3) is 0.0769. The van der Waals surface area contributed by atoms with Crippen molar-refractivity contribution in [3.63, 3.8) is 0 Å². The van der Waals surface area contributed by atoms with E-state index in [0.29, 0.717) is 5.15 Å². The summed E-state index contributed by atoms with van der Waals surface area (Å²) in [5, 5.41) is 1.42. The van der Waals surface area contributed by atoms with E-state index < -0.39 is 0 Å². The van der Waals surface area contributed by atoms with Crippen LogP contribution in [0.15, 0.2) is 36.5 Å². The normalized spacial score (nSPS) is 10.8. The summed E-state index contributed by atoms with van der Waals surface area (Å²) in [5.41, 5.74) is 1.94. The number of fused-ring (bicyclic) bond motifs is 1. The van der Waals surface area contributed by atoms with Gasteiger partial charge in [-0.3, -0.25) is 0 Å². The van der Waals surface area contributed by atoms with Crippen LogP contribution in [0.2, 0.25) is 5.15 Å². The van der Waals surface area contributed by atoms with Gasteiger partial charge in [0.1, 0.15) is 15.9 Å². The van der Waals surface area contributed by atoms with Gasteiger partial charge in [-0.05, 0) is 30.3 Å². The van der Waals surface area contributed by atoms with Gasteiger partial charge < -0.3 is 4.74 Å². The second kappa shape index (κ2) is 4.55. The number of ether oxygens (including phenoxy) is 1. The second-order valence-electron chi connectivity index (χ2n) is 3.72. The van der Waals surface area contributed by atoms with Crippen molar-refractivity contribution in [2.45, 2.75) is 0 Å². The van der Waals surface area contributed by atoms with Crippen LogP contribution in [0.1, 0.15) is 0 Å². The lowest BCUT2D eigenvalue weighted by atomic mass is 10.3. The van der Waals surface area contributed by atoms with Crippen molar-refractivity contribution in [1.29, 1.82) is 0 Å². The third-order valence-corrected chi connectivity index (χ3v) is 3.86. The van der Waals surface area contributed by atoms with E-state index in [1.165, 1.54) is 0 Å². The number of methoxy groups -OCH3 is 1. The van der Waals surface area contributed by atoms with Crippen LogP contribution < -0.4 is 4.74 Å². The van der Waals surface area contributed by atoms with Crippen LogP contribution in [0, 0.1) is 0 Å². The molecule has 0 atom stereocenters. The monoisotopic (exact) mass is 276 g/mol. The summed E-state index contributed by atoms with van der Waals surface area (Å²) in [6, 6.07) is 9.54. The fourth-order valence-corrected chi connectivity index (χ4v) is 2.75. The Morgan fingerprint density at radius 1 is 1.22 bits per heavy atom. The van der Waals surface area contributed by atoms with Gasteiger partial charge in [-0.15, -0.1) is 11.3 Å². The molecule has 0 saturated carbocycles.